The highest BCUT2D eigenvalue weighted by Crippen LogP contribution is 2.53. The lowest BCUT2D eigenvalue weighted by molar-refractivity contribution is -0.158. The summed E-state index contributed by atoms with van der Waals surface area (Å²) in [7, 11) is 0. The van der Waals surface area contributed by atoms with Gasteiger partial charge >= 0.3 is 6.03 Å². The van der Waals surface area contributed by atoms with Gasteiger partial charge in [-0.3, -0.25) is 4.79 Å². The molecule has 3 aliphatic rings. The van der Waals surface area contributed by atoms with Crippen molar-refractivity contribution < 1.29 is 14.3 Å². The van der Waals surface area contributed by atoms with Crippen molar-refractivity contribution in [3.63, 3.8) is 0 Å². The van der Waals surface area contributed by atoms with Crippen LogP contribution in [-0.4, -0.2) is 36.2 Å². The van der Waals surface area contributed by atoms with E-state index in [0.717, 1.165) is 25.9 Å². The minimum absolute atomic E-state index is 0.0730. The Morgan fingerprint density at radius 1 is 1.18 bits per heavy atom. The van der Waals surface area contributed by atoms with E-state index in [9.17, 15) is 9.59 Å². The molecule has 3 rings (SSSR count). The fourth-order valence-electron chi connectivity index (χ4n) is 4.33. The van der Waals surface area contributed by atoms with Gasteiger partial charge in [-0.15, -0.1) is 0 Å². The van der Waals surface area contributed by atoms with E-state index >= 15 is 0 Å². The SMILES string of the molecule is CCO[C@H]1C[C@H](NC(=O)C2(NC(N)=O)CC2)C12CCCCC2. The normalized spacial score (nSPS) is 31.1. The molecule has 6 nitrogen and oxygen atoms in total. The molecule has 1 spiro atoms. The van der Waals surface area contributed by atoms with Crippen LogP contribution in [0.15, 0.2) is 0 Å². The Balaban J connectivity index is 1.64. The molecule has 0 aliphatic heterocycles. The second-order valence-corrected chi connectivity index (χ2v) is 7.07. The third-order valence-corrected chi connectivity index (χ3v) is 5.79. The first-order chi connectivity index (χ1) is 10.5. The van der Waals surface area contributed by atoms with Crippen LogP contribution in [0.3, 0.4) is 0 Å². The monoisotopic (exact) mass is 309 g/mol. The molecule has 22 heavy (non-hydrogen) atoms. The molecular formula is C16H27N3O3. The average molecular weight is 309 g/mol. The van der Waals surface area contributed by atoms with Crippen LogP contribution in [0, 0.1) is 5.41 Å². The zero-order valence-electron chi connectivity index (χ0n) is 13.3. The van der Waals surface area contributed by atoms with Gasteiger partial charge in [-0.1, -0.05) is 19.3 Å². The van der Waals surface area contributed by atoms with Crippen molar-refractivity contribution in [2.45, 2.75) is 76.0 Å². The maximum absolute atomic E-state index is 12.5. The van der Waals surface area contributed by atoms with Crippen molar-refractivity contribution in [1.82, 2.24) is 10.6 Å². The molecule has 0 aromatic rings. The Bertz CT molecular complexity index is 456. The minimum atomic E-state index is -0.752. The highest BCUT2D eigenvalue weighted by atomic mass is 16.5. The number of carbonyl (C=O) groups excluding carboxylic acids is 2. The van der Waals surface area contributed by atoms with Crippen LogP contribution in [0.5, 0.6) is 0 Å². The second-order valence-electron chi connectivity index (χ2n) is 7.07. The van der Waals surface area contributed by atoms with Gasteiger partial charge in [0.05, 0.1) is 6.10 Å². The Labute approximate surface area is 131 Å². The van der Waals surface area contributed by atoms with Gasteiger partial charge in [0.15, 0.2) is 0 Å². The molecule has 0 unspecified atom stereocenters. The highest BCUT2D eigenvalue weighted by Gasteiger charge is 2.59. The zero-order valence-corrected chi connectivity index (χ0v) is 13.3. The number of hydrogen-bond donors (Lipinski definition) is 3. The summed E-state index contributed by atoms with van der Waals surface area (Å²) in [6.07, 6.45) is 8.44. The van der Waals surface area contributed by atoms with Gasteiger partial charge in [0.2, 0.25) is 5.91 Å². The summed E-state index contributed by atoms with van der Waals surface area (Å²) >= 11 is 0. The van der Waals surface area contributed by atoms with Gasteiger partial charge in [0, 0.05) is 18.1 Å². The van der Waals surface area contributed by atoms with Crippen molar-refractivity contribution >= 4 is 11.9 Å². The van der Waals surface area contributed by atoms with E-state index in [2.05, 4.69) is 10.6 Å². The molecule has 6 heteroatoms. The molecule has 0 aromatic heterocycles. The van der Waals surface area contributed by atoms with E-state index in [1.54, 1.807) is 0 Å². The summed E-state index contributed by atoms with van der Waals surface area (Å²) in [6.45, 7) is 2.75. The highest BCUT2D eigenvalue weighted by molar-refractivity contribution is 5.93. The molecule has 0 aromatic carbocycles. The number of rotatable bonds is 5. The number of ether oxygens (including phenoxy) is 1. The van der Waals surface area contributed by atoms with Crippen LogP contribution < -0.4 is 16.4 Å². The molecule has 0 heterocycles. The van der Waals surface area contributed by atoms with E-state index < -0.39 is 11.6 Å². The van der Waals surface area contributed by atoms with Crippen molar-refractivity contribution in [3.8, 4) is 0 Å². The molecule has 124 valence electrons. The Morgan fingerprint density at radius 3 is 2.41 bits per heavy atom. The molecule has 4 N–H and O–H groups in total. The number of nitrogens with two attached hydrogens (primary N) is 1. The maximum atomic E-state index is 12.5. The molecular weight excluding hydrogens is 282 g/mol. The lowest BCUT2D eigenvalue weighted by Crippen LogP contribution is -2.67. The summed E-state index contributed by atoms with van der Waals surface area (Å²) in [5, 5.41) is 5.79. The summed E-state index contributed by atoms with van der Waals surface area (Å²) in [5.74, 6) is -0.0730. The summed E-state index contributed by atoms with van der Waals surface area (Å²) in [6, 6.07) is -0.454. The predicted octanol–water partition coefficient (Wildman–Crippen LogP) is 1.43. The Hall–Kier alpha value is -1.30. The first-order valence-electron chi connectivity index (χ1n) is 8.53. The molecule has 3 amide bonds. The van der Waals surface area contributed by atoms with Crippen molar-refractivity contribution in [2.75, 3.05) is 6.61 Å². The first kappa shape index (κ1) is 15.6. The largest absolute Gasteiger partial charge is 0.378 e. The Kier molecular flexibility index (Phi) is 4.05. The van der Waals surface area contributed by atoms with Crippen LogP contribution in [0.1, 0.15) is 58.3 Å². The van der Waals surface area contributed by atoms with E-state index in [4.69, 9.17) is 10.5 Å². The van der Waals surface area contributed by atoms with Gasteiger partial charge in [-0.2, -0.15) is 0 Å². The molecule has 3 fully saturated rings. The van der Waals surface area contributed by atoms with E-state index in [-0.39, 0.29) is 23.5 Å². The van der Waals surface area contributed by atoms with E-state index in [1.165, 1.54) is 19.3 Å². The first-order valence-corrected chi connectivity index (χ1v) is 8.53. The van der Waals surface area contributed by atoms with Gasteiger partial charge in [0.25, 0.3) is 0 Å². The van der Waals surface area contributed by atoms with Crippen LogP contribution in [-0.2, 0) is 9.53 Å². The zero-order chi connectivity index (χ0) is 15.8. The van der Waals surface area contributed by atoms with E-state index in [0.29, 0.717) is 12.8 Å². The summed E-state index contributed by atoms with van der Waals surface area (Å²) in [5.41, 5.74) is 4.53. The number of amides is 3. The summed E-state index contributed by atoms with van der Waals surface area (Å²) < 4.78 is 5.91. The summed E-state index contributed by atoms with van der Waals surface area (Å²) in [4.78, 5) is 23.6. The van der Waals surface area contributed by atoms with Crippen LogP contribution in [0.25, 0.3) is 0 Å². The minimum Gasteiger partial charge on any atom is -0.378 e. The van der Waals surface area contributed by atoms with Gasteiger partial charge in [-0.25, -0.2) is 4.79 Å². The number of hydrogen-bond acceptors (Lipinski definition) is 3. The molecule has 0 saturated heterocycles. The lowest BCUT2D eigenvalue weighted by Gasteiger charge is -2.57. The number of nitrogens with one attached hydrogen (secondary N) is 2. The molecule has 2 atom stereocenters. The number of primary amides is 1. The number of carbonyl (C=O) groups is 2. The molecule has 3 saturated carbocycles. The number of urea groups is 1. The van der Waals surface area contributed by atoms with Crippen molar-refractivity contribution in [3.05, 3.63) is 0 Å². The fraction of sp³-hybridized carbons (Fsp3) is 0.875. The lowest BCUT2D eigenvalue weighted by atomic mass is 9.55. The van der Waals surface area contributed by atoms with Crippen molar-refractivity contribution in [2.24, 2.45) is 11.1 Å². The average Bonchev–Trinajstić information content (AvgIpc) is 3.27. The molecule has 0 bridgehead atoms. The van der Waals surface area contributed by atoms with Crippen LogP contribution in [0.4, 0.5) is 4.79 Å². The third kappa shape index (κ3) is 2.57. The quantitative estimate of drug-likeness (QED) is 0.717. The van der Waals surface area contributed by atoms with Crippen LogP contribution >= 0.6 is 0 Å². The van der Waals surface area contributed by atoms with E-state index in [1.807, 2.05) is 6.92 Å². The second kappa shape index (κ2) is 5.72. The van der Waals surface area contributed by atoms with Crippen LogP contribution in [0.2, 0.25) is 0 Å². The maximum Gasteiger partial charge on any atom is 0.313 e. The third-order valence-electron chi connectivity index (χ3n) is 5.79. The van der Waals surface area contributed by atoms with Gasteiger partial charge < -0.3 is 21.1 Å². The molecule has 3 aliphatic carbocycles. The topological polar surface area (TPSA) is 93.4 Å². The van der Waals surface area contributed by atoms with Gasteiger partial charge in [-0.05, 0) is 39.0 Å². The standard InChI is InChI=1S/C16H27N3O3/c1-2-22-12-10-11(15(12)6-4-3-5-7-15)18-13(20)16(8-9-16)19-14(17)21/h11-12H,2-10H2,1H3,(H,18,20)(H3,17,19,21)/t11-,12-/m0/s1. The predicted molar refractivity (Wildman–Crippen MR) is 82.2 cm³/mol. The van der Waals surface area contributed by atoms with Crippen molar-refractivity contribution in [1.29, 1.82) is 0 Å². The Morgan fingerprint density at radius 2 is 1.86 bits per heavy atom. The van der Waals surface area contributed by atoms with Gasteiger partial charge in [0.1, 0.15) is 5.54 Å². The fourth-order valence-corrected chi connectivity index (χ4v) is 4.33. The molecule has 0 radical (unpaired) electrons. The smallest absolute Gasteiger partial charge is 0.313 e.